The Morgan fingerprint density at radius 1 is 1.12 bits per heavy atom. The second kappa shape index (κ2) is 7.35. The van der Waals surface area contributed by atoms with Crippen LogP contribution in [-0.4, -0.2) is 28.2 Å². The number of amides is 1. The maximum atomic E-state index is 13.0. The zero-order valence-electron chi connectivity index (χ0n) is 14.3. The van der Waals surface area contributed by atoms with Crippen molar-refractivity contribution in [1.82, 2.24) is 15.5 Å². The molecule has 0 unspecified atom stereocenters. The Hall–Kier alpha value is -3.22. The van der Waals surface area contributed by atoms with Gasteiger partial charge in [0.05, 0.1) is 11.6 Å². The molecule has 0 fully saturated rings. The van der Waals surface area contributed by atoms with E-state index >= 15 is 0 Å². The Kier molecular flexibility index (Phi) is 4.97. The average Bonchev–Trinajstić information content (AvgIpc) is 3.06. The molecule has 0 aliphatic heterocycles. The molecule has 0 aliphatic carbocycles. The predicted octanol–water partition coefficient (Wildman–Crippen LogP) is 3.12. The van der Waals surface area contributed by atoms with Crippen LogP contribution >= 0.6 is 0 Å². The van der Waals surface area contributed by atoms with Crippen LogP contribution in [0.15, 0.2) is 48.5 Å². The van der Waals surface area contributed by atoms with Crippen molar-refractivity contribution < 1.29 is 18.7 Å². The van der Waals surface area contributed by atoms with Crippen molar-refractivity contribution in [2.24, 2.45) is 0 Å². The highest BCUT2D eigenvalue weighted by Crippen LogP contribution is 2.17. The first-order chi connectivity index (χ1) is 12.5. The summed E-state index contributed by atoms with van der Waals surface area (Å²) in [6.45, 7) is 3.25. The largest absolute Gasteiger partial charge is 0.448 e. The molecule has 0 bridgehead atoms. The van der Waals surface area contributed by atoms with Crippen LogP contribution in [0, 0.1) is 5.82 Å². The summed E-state index contributed by atoms with van der Waals surface area (Å²) in [6.07, 6.45) is -0.999. The van der Waals surface area contributed by atoms with Crippen molar-refractivity contribution in [2.75, 3.05) is 0 Å². The molecule has 2 N–H and O–H groups in total. The minimum absolute atomic E-state index is 0.131. The highest BCUT2D eigenvalue weighted by Gasteiger charge is 2.23. The summed E-state index contributed by atoms with van der Waals surface area (Å²) in [4.78, 5) is 24.6. The molecule has 1 amide bonds. The number of para-hydroxylation sites is 1. The van der Waals surface area contributed by atoms with E-state index in [0.717, 1.165) is 5.56 Å². The lowest BCUT2D eigenvalue weighted by Gasteiger charge is -2.18. The maximum Gasteiger partial charge on any atom is 0.360 e. The van der Waals surface area contributed by atoms with E-state index in [2.05, 4.69) is 15.5 Å². The van der Waals surface area contributed by atoms with Gasteiger partial charge in [0.1, 0.15) is 5.82 Å². The molecule has 6 nitrogen and oxygen atoms in total. The van der Waals surface area contributed by atoms with Gasteiger partial charge < -0.3 is 10.1 Å². The summed E-state index contributed by atoms with van der Waals surface area (Å²) >= 11 is 0. The van der Waals surface area contributed by atoms with Gasteiger partial charge in [-0.2, -0.15) is 5.10 Å². The summed E-state index contributed by atoms with van der Waals surface area (Å²) < 4.78 is 18.2. The topological polar surface area (TPSA) is 84.1 Å². The average molecular weight is 355 g/mol. The second-order valence-corrected chi connectivity index (χ2v) is 5.95. The number of aromatic amines is 1. The van der Waals surface area contributed by atoms with E-state index in [1.807, 2.05) is 6.07 Å². The molecule has 7 heteroatoms. The Bertz CT molecular complexity index is 937. The normalized spacial score (nSPS) is 13.2. The lowest BCUT2D eigenvalue weighted by molar-refractivity contribution is -0.129. The van der Waals surface area contributed by atoms with Crippen molar-refractivity contribution in [3.63, 3.8) is 0 Å². The highest BCUT2D eigenvalue weighted by molar-refractivity contribution is 6.02. The Morgan fingerprint density at radius 3 is 2.54 bits per heavy atom. The van der Waals surface area contributed by atoms with E-state index in [4.69, 9.17) is 4.74 Å². The fourth-order valence-electron chi connectivity index (χ4n) is 2.55. The van der Waals surface area contributed by atoms with Crippen LogP contribution in [0.5, 0.6) is 0 Å². The van der Waals surface area contributed by atoms with Gasteiger partial charge in [-0.15, -0.1) is 0 Å². The molecule has 134 valence electrons. The molecule has 26 heavy (non-hydrogen) atoms. The molecule has 2 atom stereocenters. The number of halogens is 1. The molecule has 0 radical (unpaired) electrons. The first-order valence-electron chi connectivity index (χ1n) is 8.15. The highest BCUT2D eigenvalue weighted by atomic mass is 19.1. The van der Waals surface area contributed by atoms with Gasteiger partial charge in [-0.25, -0.2) is 9.18 Å². The van der Waals surface area contributed by atoms with Gasteiger partial charge in [0.2, 0.25) is 0 Å². The molecule has 1 aromatic heterocycles. The van der Waals surface area contributed by atoms with Crippen LogP contribution in [0.4, 0.5) is 4.39 Å². The number of esters is 1. The fourth-order valence-corrected chi connectivity index (χ4v) is 2.55. The first-order valence-corrected chi connectivity index (χ1v) is 8.15. The van der Waals surface area contributed by atoms with Crippen LogP contribution in [0.25, 0.3) is 10.9 Å². The number of rotatable bonds is 5. The number of fused-ring (bicyclic) bond motifs is 1. The van der Waals surface area contributed by atoms with E-state index < -0.39 is 18.0 Å². The van der Waals surface area contributed by atoms with Crippen molar-refractivity contribution >= 4 is 22.8 Å². The summed E-state index contributed by atoms with van der Waals surface area (Å²) in [6, 6.07) is 12.6. The Balaban J connectivity index is 1.63. The maximum absolute atomic E-state index is 13.0. The smallest absolute Gasteiger partial charge is 0.360 e. The lowest BCUT2D eigenvalue weighted by atomic mass is 10.1. The SMILES string of the molecule is C[C@H](NC(=O)[C@@H](C)OC(=O)c1n[nH]c2ccccc12)c1ccc(F)cc1. The number of nitrogens with zero attached hydrogens (tertiary/aromatic N) is 1. The molecular formula is C19H18FN3O3. The number of hydrogen-bond acceptors (Lipinski definition) is 4. The predicted molar refractivity (Wildman–Crippen MR) is 93.9 cm³/mol. The van der Waals surface area contributed by atoms with Gasteiger partial charge in [-0.05, 0) is 37.6 Å². The van der Waals surface area contributed by atoms with Crippen LogP contribution in [0.1, 0.15) is 35.9 Å². The third-order valence-corrected chi connectivity index (χ3v) is 4.05. The van der Waals surface area contributed by atoms with Gasteiger partial charge in [0.25, 0.3) is 5.91 Å². The van der Waals surface area contributed by atoms with Gasteiger partial charge in [-0.3, -0.25) is 9.89 Å². The van der Waals surface area contributed by atoms with E-state index in [1.54, 1.807) is 37.3 Å². The molecule has 2 aromatic carbocycles. The van der Waals surface area contributed by atoms with Crippen LogP contribution < -0.4 is 5.32 Å². The Labute approximate surface area is 149 Å². The molecule has 1 heterocycles. The Morgan fingerprint density at radius 2 is 1.81 bits per heavy atom. The summed E-state index contributed by atoms with van der Waals surface area (Å²) in [5.74, 6) is -1.48. The third kappa shape index (κ3) is 3.72. The minimum Gasteiger partial charge on any atom is -0.448 e. The summed E-state index contributed by atoms with van der Waals surface area (Å²) in [7, 11) is 0. The molecule has 3 aromatic rings. The number of nitrogens with one attached hydrogen (secondary N) is 2. The van der Waals surface area contributed by atoms with Crippen molar-refractivity contribution in [1.29, 1.82) is 0 Å². The second-order valence-electron chi connectivity index (χ2n) is 5.95. The van der Waals surface area contributed by atoms with Crippen LogP contribution in [0.2, 0.25) is 0 Å². The molecule has 0 saturated heterocycles. The van der Waals surface area contributed by atoms with Crippen LogP contribution in [0.3, 0.4) is 0 Å². The van der Waals surface area contributed by atoms with Gasteiger partial charge >= 0.3 is 5.97 Å². The summed E-state index contributed by atoms with van der Waals surface area (Å²) in [5.41, 5.74) is 1.59. The van der Waals surface area contributed by atoms with Gasteiger partial charge in [0.15, 0.2) is 11.8 Å². The molecule has 0 aliphatic rings. The van der Waals surface area contributed by atoms with Gasteiger partial charge in [0, 0.05) is 5.39 Å². The fraction of sp³-hybridized carbons (Fsp3) is 0.211. The van der Waals surface area contributed by atoms with Crippen LogP contribution in [-0.2, 0) is 9.53 Å². The van der Waals surface area contributed by atoms with Crippen molar-refractivity contribution in [2.45, 2.75) is 26.0 Å². The number of hydrogen-bond donors (Lipinski definition) is 2. The van der Waals surface area contributed by atoms with E-state index in [-0.39, 0.29) is 17.6 Å². The quantitative estimate of drug-likeness (QED) is 0.689. The van der Waals surface area contributed by atoms with Crippen molar-refractivity contribution in [3.8, 4) is 0 Å². The zero-order chi connectivity index (χ0) is 18.7. The zero-order valence-corrected chi connectivity index (χ0v) is 14.3. The number of carbonyl (C=O) groups is 2. The van der Waals surface area contributed by atoms with E-state index in [0.29, 0.717) is 10.9 Å². The number of carbonyl (C=O) groups excluding carboxylic acids is 2. The van der Waals surface area contributed by atoms with Crippen molar-refractivity contribution in [3.05, 3.63) is 65.6 Å². The van der Waals surface area contributed by atoms with E-state index in [1.165, 1.54) is 19.1 Å². The number of ether oxygens (including phenoxy) is 1. The lowest BCUT2D eigenvalue weighted by Crippen LogP contribution is -2.37. The molecule has 3 rings (SSSR count). The summed E-state index contributed by atoms with van der Waals surface area (Å²) in [5, 5.41) is 10.1. The first kappa shape index (κ1) is 17.6. The van der Waals surface area contributed by atoms with Gasteiger partial charge in [-0.1, -0.05) is 30.3 Å². The monoisotopic (exact) mass is 355 g/mol. The van der Waals surface area contributed by atoms with E-state index in [9.17, 15) is 14.0 Å². The standard InChI is InChI=1S/C19H18FN3O3/c1-11(13-7-9-14(20)10-8-13)21-18(24)12(2)26-19(25)17-15-5-3-4-6-16(15)22-23-17/h3-12H,1-2H3,(H,21,24)(H,22,23)/t11-,12+/m0/s1. The number of H-pyrrole nitrogens is 1. The molecular weight excluding hydrogens is 337 g/mol. The third-order valence-electron chi connectivity index (χ3n) is 4.05. The number of aromatic nitrogens is 2. The molecule has 0 spiro atoms. The number of benzene rings is 2. The minimum atomic E-state index is -0.999. The molecule has 0 saturated carbocycles.